The van der Waals surface area contributed by atoms with Gasteiger partial charge in [0.1, 0.15) is 0 Å². The summed E-state index contributed by atoms with van der Waals surface area (Å²) in [6, 6.07) is 3.73. The molecule has 21 heavy (non-hydrogen) atoms. The lowest BCUT2D eigenvalue weighted by Crippen LogP contribution is -2.28. The number of rotatable bonds is 2. The second-order valence-electron chi connectivity index (χ2n) is 5.25. The Morgan fingerprint density at radius 1 is 1.33 bits per heavy atom. The zero-order valence-electron chi connectivity index (χ0n) is 12.1. The first kappa shape index (κ1) is 16.5. The molecule has 1 aromatic carbocycles. The monoisotopic (exact) mass is 409 g/mol. The fourth-order valence-corrected chi connectivity index (χ4v) is 3.05. The van der Waals surface area contributed by atoms with Crippen molar-refractivity contribution in [3.8, 4) is 0 Å². The number of carbonyl (C=O) groups is 1. The second-order valence-corrected chi connectivity index (χ2v) is 6.42. The van der Waals surface area contributed by atoms with Crippen molar-refractivity contribution in [2.45, 2.75) is 32.1 Å². The first-order valence-corrected chi connectivity index (χ1v) is 7.94. The van der Waals surface area contributed by atoms with E-state index < -0.39 is 11.9 Å². The highest BCUT2D eigenvalue weighted by atomic mass is 127. The predicted molar refractivity (Wildman–Crippen MR) is 86.2 cm³/mol. The van der Waals surface area contributed by atoms with E-state index in [0.29, 0.717) is 24.2 Å². The van der Waals surface area contributed by atoms with Gasteiger partial charge < -0.3 is 9.64 Å². The molecule has 0 radical (unpaired) electrons. The molecule has 1 heterocycles. The largest absolute Gasteiger partial charge is 0.465 e. The molecule has 0 atom stereocenters. The third-order valence-electron chi connectivity index (χ3n) is 3.83. The van der Waals surface area contributed by atoms with Gasteiger partial charge in [0.25, 0.3) is 0 Å². The van der Waals surface area contributed by atoms with Crippen LogP contribution in [0.15, 0.2) is 12.1 Å². The van der Waals surface area contributed by atoms with Crippen LogP contribution in [0.5, 0.6) is 0 Å². The number of alkyl halides is 2. The Morgan fingerprint density at radius 3 is 2.71 bits per heavy atom. The number of hydrogen-bond donors (Lipinski definition) is 0. The van der Waals surface area contributed by atoms with Gasteiger partial charge in [0.2, 0.25) is 5.92 Å². The summed E-state index contributed by atoms with van der Waals surface area (Å²) >= 11 is 2.15. The van der Waals surface area contributed by atoms with Crippen molar-refractivity contribution in [3.05, 3.63) is 26.8 Å². The Kier molecular flexibility index (Phi) is 5.06. The maximum atomic E-state index is 13.5. The van der Waals surface area contributed by atoms with E-state index in [4.69, 9.17) is 4.74 Å². The Balaban J connectivity index is 2.39. The number of nitrogens with zero attached hydrogens (tertiary/aromatic N) is 1. The highest BCUT2D eigenvalue weighted by molar-refractivity contribution is 14.1. The maximum Gasteiger partial charge on any atom is 0.340 e. The van der Waals surface area contributed by atoms with Gasteiger partial charge in [-0.05, 0) is 53.6 Å². The first-order valence-electron chi connectivity index (χ1n) is 6.86. The van der Waals surface area contributed by atoms with Crippen LogP contribution >= 0.6 is 22.6 Å². The van der Waals surface area contributed by atoms with Gasteiger partial charge in [-0.2, -0.15) is 0 Å². The molecule has 0 amide bonds. The minimum Gasteiger partial charge on any atom is -0.465 e. The van der Waals surface area contributed by atoms with Crippen LogP contribution in [0.4, 0.5) is 14.5 Å². The van der Waals surface area contributed by atoms with E-state index in [2.05, 4.69) is 22.6 Å². The fraction of sp³-hybridized carbons (Fsp3) is 0.533. The molecule has 116 valence electrons. The van der Waals surface area contributed by atoms with Crippen LogP contribution < -0.4 is 4.90 Å². The third-order valence-corrected chi connectivity index (χ3v) is 4.99. The standard InChI is InChI=1S/C15H18F2INO2/c1-10-11(18)4-5-12(13(10)14(20)21-2)19-8-3-6-15(16,17)7-9-19/h4-5H,3,6-9H2,1-2H3. The molecule has 0 unspecified atom stereocenters. The maximum absolute atomic E-state index is 13.5. The molecular formula is C15H18F2INO2. The highest BCUT2D eigenvalue weighted by Gasteiger charge is 2.33. The lowest BCUT2D eigenvalue weighted by molar-refractivity contribution is -0.0102. The number of carbonyl (C=O) groups excluding carboxylic acids is 1. The zero-order valence-corrected chi connectivity index (χ0v) is 14.2. The molecule has 0 N–H and O–H groups in total. The average molecular weight is 409 g/mol. The number of benzene rings is 1. The molecule has 1 fully saturated rings. The summed E-state index contributed by atoms with van der Waals surface area (Å²) in [4.78, 5) is 13.9. The molecule has 1 aromatic rings. The summed E-state index contributed by atoms with van der Waals surface area (Å²) in [5.41, 5.74) is 2.00. The number of hydrogen-bond acceptors (Lipinski definition) is 3. The molecule has 1 aliphatic heterocycles. The van der Waals surface area contributed by atoms with E-state index in [1.807, 2.05) is 24.0 Å². The average Bonchev–Trinajstić information content (AvgIpc) is 2.62. The quantitative estimate of drug-likeness (QED) is 0.546. The van der Waals surface area contributed by atoms with Crippen LogP contribution in [0, 0.1) is 10.5 Å². The van der Waals surface area contributed by atoms with E-state index in [-0.39, 0.29) is 19.4 Å². The smallest absolute Gasteiger partial charge is 0.340 e. The summed E-state index contributed by atoms with van der Waals surface area (Å²) < 4.78 is 32.8. The topological polar surface area (TPSA) is 29.5 Å². The van der Waals surface area contributed by atoms with Crippen LogP contribution in [0.1, 0.15) is 35.2 Å². The molecule has 3 nitrogen and oxygen atoms in total. The number of ether oxygens (including phenoxy) is 1. The van der Waals surface area contributed by atoms with Gasteiger partial charge in [-0.25, -0.2) is 13.6 Å². The Morgan fingerprint density at radius 2 is 2.05 bits per heavy atom. The van der Waals surface area contributed by atoms with Gasteiger partial charge in [-0.15, -0.1) is 0 Å². The van der Waals surface area contributed by atoms with Crippen molar-refractivity contribution in [1.82, 2.24) is 0 Å². The van der Waals surface area contributed by atoms with E-state index >= 15 is 0 Å². The van der Waals surface area contributed by atoms with Crippen LogP contribution in [0.25, 0.3) is 0 Å². The summed E-state index contributed by atoms with van der Waals surface area (Å²) in [7, 11) is 1.34. The van der Waals surface area contributed by atoms with E-state index in [1.165, 1.54) is 7.11 Å². The van der Waals surface area contributed by atoms with Gasteiger partial charge >= 0.3 is 5.97 Å². The Hall–Kier alpha value is -0.920. The van der Waals surface area contributed by atoms with Gasteiger partial charge in [0.05, 0.1) is 18.4 Å². The van der Waals surface area contributed by atoms with Crippen LogP contribution in [-0.4, -0.2) is 32.1 Å². The van der Waals surface area contributed by atoms with E-state index in [0.717, 1.165) is 9.13 Å². The van der Waals surface area contributed by atoms with Gasteiger partial charge in [-0.3, -0.25) is 0 Å². The fourth-order valence-electron chi connectivity index (χ4n) is 2.60. The minimum atomic E-state index is -2.61. The highest BCUT2D eigenvalue weighted by Crippen LogP contribution is 2.33. The molecule has 1 aliphatic rings. The van der Waals surface area contributed by atoms with Crippen molar-refractivity contribution in [1.29, 1.82) is 0 Å². The normalized spacial score (nSPS) is 18.2. The molecule has 0 saturated carbocycles. The third kappa shape index (κ3) is 3.64. The van der Waals surface area contributed by atoms with Crippen molar-refractivity contribution in [3.63, 3.8) is 0 Å². The second kappa shape index (κ2) is 6.46. The lowest BCUT2D eigenvalue weighted by Gasteiger charge is -2.26. The molecule has 6 heteroatoms. The van der Waals surface area contributed by atoms with Crippen LogP contribution in [0.3, 0.4) is 0 Å². The van der Waals surface area contributed by atoms with Crippen molar-refractivity contribution >= 4 is 34.2 Å². The molecule has 0 spiro atoms. The van der Waals surface area contributed by atoms with Crippen molar-refractivity contribution < 1.29 is 18.3 Å². The van der Waals surface area contributed by atoms with Crippen molar-refractivity contribution in [2.75, 3.05) is 25.1 Å². The molecule has 2 rings (SSSR count). The van der Waals surface area contributed by atoms with Crippen LogP contribution in [-0.2, 0) is 4.74 Å². The number of anilines is 1. The van der Waals surface area contributed by atoms with E-state index in [9.17, 15) is 13.6 Å². The SMILES string of the molecule is COC(=O)c1c(N2CCCC(F)(F)CC2)ccc(I)c1C. The molecule has 1 saturated heterocycles. The number of esters is 1. The summed E-state index contributed by atoms with van der Waals surface area (Å²) in [6.45, 7) is 2.63. The summed E-state index contributed by atoms with van der Waals surface area (Å²) in [5.74, 6) is -3.03. The molecule has 0 aromatic heterocycles. The molecular weight excluding hydrogens is 391 g/mol. The first-order chi connectivity index (χ1) is 9.85. The van der Waals surface area contributed by atoms with E-state index in [1.54, 1.807) is 0 Å². The molecule has 0 bridgehead atoms. The van der Waals surface area contributed by atoms with Gasteiger partial charge in [-0.1, -0.05) is 0 Å². The number of methoxy groups -OCH3 is 1. The van der Waals surface area contributed by atoms with Gasteiger partial charge in [0, 0.05) is 29.5 Å². The van der Waals surface area contributed by atoms with Crippen molar-refractivity contribution in [2.24, 2.45) is 0 Å². The Labute approximate surface area is 136 Å². The lowest BCUT2D eigenvalue weighted by atomic mass is 10.1. The number of halogens is 3. The minimum absolute atomic E-state index is 0.0968. The summed E-state index contributed by atoms with van der Waals surface area (Å²) in [5, 5.41) is 0. The summed E-state index contributed by atoms with van der Waals surface area (Å²) in [6.07, 6.45) is 0.137. The Bertz CT molecular complexity index is 549. The van der Waals surface area contributed by atoms with Gasteiger partial charge in [0.15, 0.2) is 0 Å². The zero-order chi connectivity index (χ0) is 15.6. The predicted octanol–water partition coefficient (Wildman–Crippen LogP) is 4.01. The molecule has 0 aliphatic carbocycles. The van der Waals surface area contributed by atoms with Crippen LogP contribution in [0.2, 0.25) is 0 Å².